The van der Waals surface area contributed by atoms with Gasteiger partial charge in [-0.3, -0.25) is 0 Å². The first-order valence-electron chi connectivity index (χ1n) is 6.91. The van der Waals surface area contributed by atoms with Crippen molar-refractivity contribution in [3.63, 3.8) is 0 Å². The van der Waals surface area contributed by atoms with Gasteiger partial charge in [0.05, 0.1) is 11.5 Å². The minimum atomic E-state index is -2.94. The Morgan fingerprint density at radius 2 is 2.14 bits per heavy atom. The first-order chi connectivity index (χ1) is 10.0. The van der Waals surface area contributed by atoms with Crippen LogP contribution in [0.4, 0.5) is 0 Å². The number of rotatable bonds is 5. The molecular weight excluding hydrogens is 304 g/mol. The highest BCUT2D eigenvalue weighted by molar-refractivity contribution is 7.91. The van der Waals surface area contributed by atoms with E-state index in [1.165, 1.54) is 0 Å². The van der Waals surface area contributed by atoms with E-state index in [9.17, 15) is 8.42 Å². The van der Waals surface area contributed by atoms with Crippen LogP contribution in [0.3, 0.4) is 0 Å². The topological polar surface area (TPSA) is 49.4 Å². The summed E-state index contributed by atoms with van der Waals surface area (Å²) >= 11 is 5.42. The van der Waals surface area contributed by atoms with Crippen molar-refractivity contribution in [2.45, 2.75) is 19.0 Å². The number of nitrogens with one attached hydrogen (secondary N) is 1. The number of benzene rings is 1. The van der Waals surface area contributed by atoms with Crippen molar-refractivity contribution in [1.82, 2.24) is 10.2 Å². The number of sulfone groups is 1. The van der Waals surface area contributed by atoms with Crippen LogP contribution < -0.4 is 5.32 Å². The van der Waals surface area contributed by atoms with E-state index in [1.807, 2.05) is 35.2 Å². The molecule has 4 nitrogen and oxygen atoms in total. The van der Waals surface area contributed by atoms with Crippen molar-refractivity contribution < 1.29 is 8.42 Å². The molecule has 0 aliphatic carbocycles. The van der Waals surface area contributed by atoms with Gasteiger partial charge in [-0.2, -0.15) is 0 Å². The van der Waals surface area contributed by atoms with Crippen LogP contribution >= 0.6 is 12.2 Å². The van der Waals surface area contributed by atoms with Crippen LogP contribution in [0.5, 0.6) is 0 Å². The molecule has 1 aromatic rings. The van der Waals surface area contributed by atoms with Crippen molar-refractivity contribution in [2.75, 3.05) is 18.1 Å². The third kappa shape index (κ3) is 4.54. The summed E-state index contributed by atoms with van der Waals surface area (Å²) in [5, 5.41) is 3.69. The normalized spacial score (nSPS) is 19.9. The molecule has 1 saturated heterocycles. The molecule has 6 heteroatoms. The SMILES string of the molecule is C=CCNC(=S)N(Cc1ccccc1)[C@@H]1CCS(=O)(=O)C1. The maximum atomic E-state index is 11.7. The molecule has 2 rings (SSSR count). The summed E-state index contributed by atoms with van der Waals surface area (Å²) in [5.41, 5.74) is 1.12. The third-order valence-corrected chi connectivity index (χ3v) is 5.63. The molecule has 1 aliphatic heterocycles. The van der Waals surface area contributed by atoms with Crippen LogP contribution in [0.2, 0.25) is 0 Å². The first-order valence-corrected chi connectivity index (χ1v) is 9.14. The highest BCUT2D eigenvalue weighted by Gasteiger charge is 2.33. The van der Waals surface area contributed by atoms with Crippen molar-refractivity contribution in [3.05, 3.63) is 48.6 Å². The van der Waals surface area contributed by atoms with Gasteiger partial charge in [-0.1, -0.05) is 36.4 Å². The first kappa shape index (κ1) is 16.0. The molecule has 0 aromatic heterocycles. The molecule has 0 bridgehead atoms. The lowest BCUT2D eigenvalue weighted by Gasteiger charge is -2.31. The summed E-state index contributed by atoms with van der Waals surface area (Å²) in [6, 6.07) is 9.89. The van der Waals surface area contributed by atoms with Gasteiger partial charge in [0.2, 0.25) is 0 Å². The molecular formula is C15H20N2O2S2. The third-order valence-electron chi connectivity index (χ3n) is 3.50. The fourth-order valence-electron chi connectivity index (χ4n) is 2.43. The van der Waals surface area contributed by atoms with Crippen LogP contribution in [0.25, 0.3) is 0 Å². The van der Waals surface area contributed by atoms with Gasteiger partial charge in [-0.25, -0.2) is 8.42 Å². The average molecular weight is 324 g/mol. The monoisotopic (exact) mass is 324 g/mol. The zero-order chi connectivity index (χ0) is 15.3. The van der Waals surface area contributed by atoms with E-state index in [0.29, 0.717) is 24.6 Å². The van der Waals surface area contributed by atoms with E-state index in [2.05, 4.69) is 11.9 Å². The van der Waals surface area contributed by atoms with Crippen molar-refractivity contribution in [1.29, 1.82) is 0 Å². The summed E-state index contributed by atoms with van der Waals surface area (Å²) in [5.74, 6) is 0.419. The molecule has 1 aromatic carbocycles. The second-order valence-corrected chi connectivity index (χ2v) is 7.76. The van der Waals surface area contributed by atoms with Crippen molar-refractivity contribution in [2.24, 2.45) is 0 Å². The smallest absolute Gasteiger partial charge is 0.169 e. The van der Waals surface area contributed by atoms with Crippen molar-refractivity contribution >= 4 is 27.2 Å². The predicted molar refractivity (Wildman–Crippen MR) is 89.8 cm³/mol. The minimum Gasteiger partial charge on any atom is -0.359 e. The molecule has 1 aliphatic rings. The predicted octanol–water partition coefficient (Wildman–Crippen LogP) is 1.74. The summed E-state index contributed by atoms with van der Waals surface area (Å²) < 4.78 is 23.5. The Balaban J connectivity index is 2.14. The Morgan fingerprint density at radius 3 is 2.71 bits per heavy atom. The molecule has 0 spiro atoms. The van der Waals surface area contributed by atoms with E-state index in [0.717, 1.165) is 5.56 Å². The standard InChI is InChI=1S/C15H20N2O2S2/c1-2-9-16-15(20)17(11-13-6-4-3-5-7-13)14-8-10-21(18,19)12-14/h2-7,14H,1,8-12H2,(H,16,20)/t14-/m1/s1. The Bertz CT molecular complexity index is 599. The van der Waals surface area contributed by atoms with Crippen molar-refractivity contribution in [3.8, 4) is 0 Å². The second kappa shape index (κ2) is 7.04. The molecule has 1 fully saturated rings. The average Bonchev–Trinajstić information content (AvgIpc) is 2.83. The zero-order valence-corrected chi connectivity index (χ0v) is 13.5. The van der Waals surface area contributed by atoms with E-state index < -0.39 is 9.84 Å². The molecule has 0 amide bonds. The van der Waals surface area contributed by atoms with Gasteiger partial charge < -0.3 is 10.2 Å². The van der Waals surface area contributed by atoms with Gasteiger partial charge in [-0.15, -0.1) is 6.58 Å². The molecule has 1 heterocycles. The van der Waals surface area contributed by atoms with Crippen LogP contribution in [0, 0.1) is 0 Å². The summed E-state index contributed by atoms with van der Waals surface area (Å²) in [7, 11) is -2.94. The maximum absolute atomic E-state index is 11.7. The summed E-state index contributed by atoms with van der Waals surface area (Å²) in [6.07, 6.45) is 2.36. The molecule has 21 heavy (non-hydrogen) atoms. The van der Waals surface area contributed by atoms with Crippen LogP contribution in [0.1, 0.15) is 12.0 Å². The molecule has 1 N–H and O–H groups in total. The molecule has 1 atom stereocenters. The lowest BCUT2D eigenvalue weighted by Crippen LogP contribution is -2.46. The number of nitrogens with zero attached hydrogens (tertiary/aromatic N) is 1. The number of hydrogen-bond donors (Lipinski definition) is 1. The second-order valence-electron chi connectivity index (χ2n) is 5.15. The largest absolute Gasteiger partial charge is 0.359 e. The Kier molecular flexibility index (Phi) is 5.36. The molecule has 0 unspecified atom stereocenters. The zero-order valence-electron chi connectivity index (χ0n) is 11.9. The van der Waals surface area contributed by atoms with Gasteiger partial charge in [-0.05, 0) is 24.2 Å². The van der Waals surface area contributed by atoms with Gasteiger partial charge >= 0.3 is 0 Å². The van der Waals surface area contributed by atoms with E-state index in [4.69, 9.17) is 12.2 Å². The van der Waals surface area contributed by atoms with Crippen LogP contribution in [-0.4, -0.2) is 42.5 Å². The fraction of sp³-hybridized carbons (Fsp3) is 0.400. The highest BCUT2D eigenvalue weighted by Crippen LogP contribution is 2.20. The number of thiocarbonyl (C=S) groups is 1. The summed E-state index contributed by atoms with van der Waals surface area (Å²) in [6.45, 7) is 4.85. The Morgan fingerprint density at radius 1 is 1.43 bits per heavy atom. The highest BCUT2D eigenvalue weighted by atomic mass is 32.2. The lowest BCUT2D eigenvalue weighted by molar-refractivity contribution is 0.324. The van der Waals surface area contributed by atoms with Gasteiger partial charge in [0, 0.05) is 19.1 Å². The quantitative estimate of drug-likeness (QED) is 0.660. The van der Waals surface area contributed by atoms with Crippen LogP contribution in [-0.2, 0) is 16.4 Å². The van der Waals surface area contributed by atoms with E-state index in [1.54, 1.807) is 6.08 Å². The molecule has 0 radical (unpaired) electrons. The Labute approximate surface area is 131 Å². The van der Waals surface area contributed by atoms with E-state index in [-0.39, 0.29) is 17.5 Å². The fourth-order valence-corrected chi connectivity index (χ4v) is 4.46. The van der Waals surface area contributed by atoms with Gasteiger partial charge in [0.1, 0.15) is 0 Å². The van der Waals surface area contributed by atoms with Gasteiger partial charge in [0.25, 0.3) is 0 Å². The molecule has 0 saturated carbocycles. The van der Waals surface area contributed by atoms with Crippen LogP contribution in [0.15, 0.2) is 43.0 Å². The Hall–Kier alpha value is -1.40. The molecule has 114 valence electrons. The maximum Gasteiger partial charge on any atom is 0.169 e. The number of hydrogen-bond acceptors (Lipinski definition) is 3. The summed E-state index contributed by atoms with van der Waals surface area (Å²) in [4.78, 5) is 1.98. The van der Waals surface area contributed by atoms with Gasteiger partial charge in [0.15, 0.2) is 14.9 Å². The minimum absolute atomic E-state index is 0.0555. The van der Waals surface area contributed by atoms with E-state index >= 15 is 0 Å². The lowest BCUT2D eigenvalue weighted by atomic mass is 10.1.